The number of nitrogens with one attached hydrogen (secondary N) is 2. The van der Waals surface area contributed by atoms with Crippen LogP contribution in [-0.2, 0) is 0 Å². The van der Waals surface area contributed by atoms with Gasteiger partial charge in [0, 0.05) is 24.8 Å². The molecule has 0 aliphatic heterocycles. The van der Waals surface area contributed by atoms with E-state index in [1.165, 1.54) is 36.4 Å². The molecule has 2 aromatic carbocycles. The van der Waals surface area contributed by atoms with Crippen molar-refractivity contribution >= 4 is 17.5 Å². The number of rotatable bonds is 8. The third-order valence-electron chi connectivity index (χ3n) is 4.10. The van der Waals surface area contributed by atoms with Gasteiger partial charge in [0.2, 0.25) is 5.95 Å². The Balaban J connectivity index is 2.00. The van der Waals surface area contributed by atoms with E-state index in [-0.39, 0.29) is 35.3 Å². The first-order valence-corrected chi connectivity index (χ1v) is 9.34. The maximum absolute atomic E-state index is 13.9. The molecule has 0 unspecified atom stereocenters. The maximum Gasteiger partial charge on any atom is 0.573 e. The molecular formula is C21H17F4N5O2. The van der Waals surface area contributed by atoms with Gasteiger partial charge in [-0.15, -0.1) is 13.2 Å². The summed E-state index contributed by atoms with van der Waals surface area (Å²) in [6, 6.07) is 12.5. The first kappa shape index (κ1) is 22.8. The molecular weight excluding hydrogens is 430 g/mol. The van der Waals surface area contributed by atoms with E-state index >= 15 is 0 Å². The quantitative estimate of drug-likeness (QED) is 0.343. The van der Waals surface area contributed by atoms with Gasteiger partial charge in [-0.1, -0.05) is 18.2 Å². The average molecular weight is 447 g/mol. The zero-order valence-corrected chi connectivity index (χ0v) is 16.4. The molecule has 0 bridgehead atoms. The Labute approximate surface area is 180 Å². The van der Waals surface area contributed by atoms with Crippen molar-refractivity contribution in [1.29, 1.82) is 5.26 Å². The Morgan fingerprint density at radius 3 is 2.59 bits per heavy atom. The number of aliphatic hydroxyl groups excluding tert-OH is 1. The van der Waals surface area contributed by atoms with Gasteiger partial charge in [0.15, 0.2) is 0 Å². The largest absolute Gasteiger partial charge is 0.573 e. The second-order valence-corrected chi connectivity index (χ2v) is 6.44. The molecule has 0 atom stereocenters. The molecule has 0 aliphatic rings. The van der Waals surface area contributed by atoms with E-state index in [9.17, 15) is 22.8 Å². The second kappa shape index (κ2) is 9.93. The Morgan fingerprint density at radius 2 is 1.88 bits per heavy atom. The summed E-state index contributed by atoms with van der Waals surface area (Å²) in [6.45, 7) is 0.267. The molecule has 0 aliphatic carbocycles. The highest BCUT2D eigenvalue weighted by atomic mass is 19.4. The highest BCUT2D eigenvalue weighted by Crippen LogP contribution is 2.30. The summed E-state index contributed by atoms with van der Waals surface area (Å²) in [4.78, 5) is 8.55. The minimum absolute atomic E-state index is 0.0660. The lowest BCUT2D eigenvalue weighted by atomic mass is 10.1. The van der Waals surface area contributed by atoms with Crippen LogP contribution in [0, 0.1) is 17.1 Å². The number of aliphatic hydroxyl groups is 1. The molecule has 3 aromatic rings. The number of ether oxygens (including phenoxy) is 1. The number of aromatic nitrogens is 2. The van der Waals surface area contributed by atoms with E-state index in [4.69, 9.17) is 5.11 Å². The summed E-state index contributed by atoms with van der Waals surface area (Å²) >= 11 is 0. The lowest BCUT2D eigenvalue weighted by Crippen LogP contribution is -2.17. The second-order valence-electron chi connectivity index (χ2n) is 6.44. The molecule has 32 heavy (non-hydrogen) atoms. The molecule has 7 nitrogen and oxygen atoms in total. The van der Waals surface area contributed by atoms with Crippen LogP contribution in [0.3, 0.4) is 0 Å². The van der Waals surface area contributed by atoms with Gasteiger partial charge >= 0.3 is 6.36 Å². The van der Waals surface area contributed by atoms with Crippen molar-refractivity contribution in [3.05, 3.63) is 59.9 Å². The summed E-state index contributed by atoms with van der Waals surface area (Å²) < 4.78 is 55.6. The van der Waals surface area contributed by atoms with Gasteiger partial charge in [0.25, 0.3) is 0 Å². The van der Waals surface area contributed by atoms with Gasteiger partial charge < -0.3 is 20.5 Å². The molecule has 166 valence electrons. The van der Waals surface area contributed by atoms with Gasteiger partial charge in [-0.25, -0.2) is 9.37 Å². The van der Waals surface area contributed by atoms with Crippen LogP contribution >= 0.6 is 0 Å². The van der Waals surface area contributed by atoms with Crippen molar-refractivity contribution in [1.82, 2.24) is 9.97 Å². The third kappa shape index (κ3) is 6.05. The molecule has 1 aromatic heterocycles. The lowest BCUT2D eigenvalue weighted by molar-refractivity contribution is -0.274. The first-order valence-electron chi connectivity index (χ1n) is 9.34. The fourth-order valence-corrected chi connectivity index (χ4v) is 2.75. The van der Waals surface area contributed by atoms with E-state index in [1.54, 1.807) is 6.07 Å². The molecule has 0 saturated heterocycles. The van der Waals surface area contributed by atoms with Gasteiger partial charge in [-0.05, 0) is 30.7 Å². The molecule has 0 radical (unpaired) electrons. The number of anilines is 3. The Bertz CT molecular complexity index is 1130. The molecule has 0 amide bonds. The normalized spacial score (nSPS) is 11.0. The Hall–Kier alpha value is -3.91. The molecule has 0 spiro atoms. The number of halogens is 4. The van der Waals surface area contributed by atoms with E-state index in [1.807, 2.05) is 0 Å². The topological polar surface area (TPSA) is 103 Å². The van der Waals surface area contributed by atoms with Crippen LogP contribution in [-0.4, -0.2) is 34.6 Å². The van der Waals surface area contributed by atoms with Crippen molar-refractivity contribution in [2.45, 2.75) is 12.8 Å². The molecule has 1 heterocycles. The zero-order chi connectivity index (χ0) is 23.1. The lowest BCUT2D eigenvalue weighted by Gasteiger charge is -2.13. The van der Waals surface area contributed by atoms with Crippen LogP contribution in [0.15, 0.2) is 48.5 Å². The first-order chi connectivity index (χ1) is 15.3. The number of benzene rings is 2. The average Bonchev–Trinajstić information content (AvgIpc) is 2.73. The minimum atomic E-state index is -4.85. The van der Waals surface area contributed by atoms with Gasteiger partial charge in [-0.2, -0.15) is 10.2 Å². The summed E-state index contributed by atoms with van der Waals surface area (Å²) in [7, 11) is 0. The number of alkyl halides is 3. The predicted molar refractivity (Wildman–Crippen MR) is 109 cm³/mol. The van der Waals surface area contributed by atoms with Crippen molar-refractivity contribution < 1.29 is 27.4 Å². The summed E-state index contributed by atoms with van der Waals surface area (Å²) in [6.07, 6.45) is -4.44. The molecule has 0 fully saturated rings. The Morgan fingerprint density at radius 1 is 1.09 bits per heavy atom. The number of nitrogens with zero attached hydrogens (tertiary/aromatic N) is 3. The standard InChI is InChI=1S/C21H17F4N5O2/c22-16-6-2-7-17(15(16)12-26)28-19-11-18(29-20(30-19)27-8-3-9-31)13-4-1-5-14(10-13)32-21(23,24)25/h1-2,4-7,10-11,31H,3,8-9H2,(H2,27,28,29,30). The predicted octanol–water partition coefficient (Wildman–Crippen LogP) is 4.59. The van der Waals surface area contributed by atoms with Gasteiger partial charge in [-0.3, -0.25) is 0 Å². The van der Waals surface area contributed by atoms with Crippen LogP contribution in [0.25, 0.3) is 11.3 Å². The fourth-order valence-electron chi connectivity index (χ4n) is 2.75. The summed E-state index contributed by atoms with van der Waals surface area (Å²) in [5, 5.41) is 23.9. The van der Waals surface area contributed by atoms with E-state index < -0.39 is 17.9 Å². The molecule has 3 N–H and O–H groups in total. The van der Waals surface area contributed by atoms with Crippen molar-refractivity contribution in [3.8, 4) is 23.1 Å². The van der Waals surface area contributed by atoms with Gasteiger partial charge in [0.05, 0.1) is 11.4 Å². The Kier molecular flexibility index (Phi) is 7.07. The van der Waals surface area contributed by atoms with Gasteiger partial charge in [0.1, 0.15) is 29.0 Å². The van der Waals surface area contributed by atoms with Crippen molar-refractivity contribution in [2.75, 3.05) is 23.8 Å². The number of nitriles is 1. The van der Waals surface area contributed by atoms with Crippen LogP contribution in [0.5, 0.6) is 5.75 Å². The van der Waals surface area contributed by atoms with Crippen molar-refractivity contribution in [3.63, 3.8) is 0 Å². The molecule has 0 saturated carbocycles. The van der Waals surface area contributed by atoms with Crippen LogP contribution in [0.2, 0.25) is 0 Å². The molecule has 3 rings (SSSR count). The third-order valence-corrected chi connectivity index (χ3v) is 4.10. The number of hydrogen-bond acceptors (Lipinski definition) is 7. The molecule has 11 heteroatoms. The van der Waals surface area contributed by atoms with E-state index in [0.29, 0.717) is 18.5 Å². The maximum atomic E-state index is 13.9. The van der Waals surface area contributed by atoms with Crippen LogP contribution in [0.4, 0.5) is 35.0 Å². The summed E-state index contributed by atoms with van der Waals surface area (Å²) in [5.74, 6) is -0.846. The number of hydrogen-bond donors (Lipinski definition) is 3. The smallest absolute Gasteiger partial charge is 0.406 e. The van der Waals surface area contributed by atoms with Crippen molar-refractivity contribution in [2.24, 2.45) is 0 Å². The fraction of sp³-hybridized carbons (Fsp3) is 0.190. The SMILES string of the molecule is N#Cc1c(F)cccc1Nc1cc(-c2cccc(OC(F)(F)F)c2)nc(NCCCO)n1. The monoisotopic (exact) mass is 447 g/mol. The van der Waals surface area contributed by atoms with Crippen LogP contribution in [0.1, 0.15) is 12.0 Å². The highest BCUT2D eigenvalue weighted by Gasteiger charge is 2.31. The minimum Gasteiger partial charge on any atom is -0.406 e. The zero-order valence-electron chi connectivity index (χ0n) is 16.4. The van der Waals surface area contributed by atoms with E-state index in [0.717, 1.165) is 12.1 Å². The summed E-state index contributed by atoms with van der Waals surface area (Å²) in [5.41, 5.74) is 0.495. The van der Waals surface area contributed by atoms with E-state index in [2.05, 4.69) is 25.3 Å². The highest BCUT2D eigenvalue weighted by molar-refractivity contribution is 5.70. The van der Waals surface area contributed by atoms with Crippen LogP contribution < -0.4 is 15.4 Å².